The predicted octanol–water partition coefficient (Wildman–Crippen LogP) is 3.65. The van der Waals surface area contributed by atoms with E-state index in [0.717, 1.165) is 15.7 Å². The van der Waals surface area contributed by atoms with E-state index in [9.17, 15) is 8.42 Å². The third-order valence-corrected chi connectivity index (χ3v) is 5.94. The summed E-state index contributed by atoms with van der Waals surface area (Å²) in [6.45, 7) is 5.67. The summed E-state index contributed by atoms with van der Waals surface area (Å²) in [6.07, 6.45) is 0. The van der Waals surface area contributed by atoms with Crippen molar-refractivity contribution in [3.8, 4) is 0 Å². The highest BCUT2D eigenvalue weighted by Gasteiger charge is 2.15. The highest BCUT2D eigenvalue weighted by molar-refractivity contribution is 9.10. The summed E-state index contributed by atoms with van der Waals surface area (Å²) >= 11 is 9.45. The molecule has 0 fully saturated rings. The minimum Gasteiger partial charge on any atom is -0.383 e. The Morgan fingerprint density at radius 3 is 2.56 bits per heavy atom. The predicted molar refractivity (Wildman–Crippen MR) is 81.3 cm³/mol. The fraction of sp³-hybridized carbons (Fsp3) is 0.500. The summed E-state index contributed by atoms with van der Waals surface area (Å²) in [7, 11) is -3.01. The maximum Gasteiger partial charge on any atom is 0.154 e. The second-order valence-electron chi connectivity index (χ2n) is 4.42. The SMILES string of the molecule is Cc1cc(Br)c(NCCS(=O)(=O)C(C)C)cc1Cl. The standard InChI is InChI=1S/C12H17BrClNO2S/c1-8(2)18(16,17)5-4-15-12-7-11(14)9(3)6-10(12)13/h6-8,15H,4-5H2,1-3H3. The first kappa shape index (κ1) is 15.8. The van der Waals surface area contributed by atoms with E-state index >= 15 is 0 Å². The zero-order valence-corrected chi connectivity index (χ0v) is 13.8. The lowest BCUT2D eigenvalue weighted by Crippen LogP contribution is -2.23. The van der Waals surface area contributed by atoms with Gasteiger partial charge in [0.1, 0.15) is 0 Å². The molecule has 1 rings (SSSR count). The van der Waals surface area contributed by atoms with Crippen molar-refractivity contribution in [2.75, 3.05) is 17.6 Å². The first-order valence-electron chi connectivity index (χ1n) is 5.65. The third-order valence-electron chi connectivity index (χ3n) is 2.67. The molecule has 0 atom stereocenters. The number of aryl methyl sites for hydroxylation is 1. The smallest absolute Gasteiger partial charge is 0.154 e. The Balaban J connectivity index is 2.68. The van der Waals surface area contributed by atoms with E-state index in [0.29, 0.717) is 11.6 Å². The number of halogens is 2. The lowest BCUT2D eigenvalue weighted by atomic mass is 10.2. The Morgan fingerprint density at radius 2 is 2.00 bits per heavy atom. The first-order valence-corrected chi connectivity index (χ1v) is 8.54. The molecule has 0 aromatic heterocycles. The molecule has 0 radical (unpaired) electrons. The number of benzene rings is 1. The van der Waals surface area contributed by atoms with Gasteiger partial charge in [0.25, 0.3) is 0 Å². The number of anilines is 1. The molecule has 1 aromatic rings. The number of rotatable bonds is 5. The van der Waals surface area contributed by atoms with Crippen molar-refractivity contribution in [2.24, 2.45) is 0 Å². The van der Waals surface area contributed by atoms with Gasteiger partial charge < -0.3 is 5.32 Å². The molecule has 0 aliphatic carbocycles. The second kappa shape index (κ2) is 6.26. The van der Waals surface area contributed by atoms with Crippen molar-refractivity contribution < 1.29 is 8.42 Å². The Morgan fingerprint density at radius 1 is 1.39 bits per heavy atom. The summed E-state index contributed by atoms with van der Waals surface area (Å²) in [4.78, 5) is 0. The Hall–Kier alpha value is -0.260. The summed E-state index contributed by atoms with van der Waals surface area (Å²) in [5.74, 6) is 0.114. The quantitative estimate of drug-likeness (QED) is 0.878. The van der Waals surface area contributed by atoms with E-state index < -0.39 is 9.84 Å². The minimum absolute atomic E-state index is 0.114. The molecule has 0 heterocycles. The van der Waals surface area contributed by atoms with Crippen LogP contribution < -0.4 is 5.32 Å². The van der Waals surface area contributed by atoms with Gasteiger partial charge in [-0.15, -0.1) is 0 Å². The molecule has 0 spiro atoms. The van der Waals surface area contributed by atoms with Crippen molar-refractivity contribution in [2.45, 2.75) is 26.0 Å². The van der Waals surface area contributed by atoms with E-state index in [-0.39, 0.29) is 11.0 Å². The molecule has 102 valence electrons. The van der Waals surface area contributed by atoms with E-state index in [1.54, 1.807) is 19.9 Å². The van der Waals surface area contributed by atoms with Gasteiger partial charge in [-0.2, -0.15) is 0 Å². The molecular formula is C12H17BrClNO2S. The van der Waals surface area contributed by atoms with Crippen LogP contribution in [0.3, 0.4) is 0 Å². The fourth-order valence-electron chi connectivity index (χ4n) is 1.35. The Bertz CT molecular complexity index is 529. The van der Waals surface area contributed by atoms with Crippen molar-refractivity contribution in [3.05, 3.63) is 27.2 Å². The highest BCUT2D eigenvalue weighted by Crippen LogP contribution is 2.28. The average Bonchev–Trinajstić information content (AvgIpc) is 2.25. The van der Waals surface area contributed by atoms with Gasteiger partial charge in [-0.3, -0.25) is 0 Å². The van der Waals surface area contributed by atoms with Crippen LogP contribution in [-0.2, 0) is 9.84 Å². The first-order chi connectivity index (χ1) is 8.24. The molecule has 0 aliphatic rings. The van der Waals surface area contributed by atoms with Gasteiger partial charge in [0.2, 0.25) is 0 Å². The molecular weight excluding hydrogens is 338 g/mol. The van der Waals surface area contributed by atoms with Crippen LogP contribution in [0.1, 0.15) is 19.4 Å². The fourth-order valence-corrected chi connectivity index (χ4v) is 2.97. The Kier molecular flexibility index (Phi) is 5.49. The van der Waals surface area contributed by atoms with Crippen LogP contribution in [0.25, 0.3) is 0 Å². The topological polar surface area (TPSA) is 46.2 Å². The summed E-state index contributed by atoms with van der Waals surface area (Å²) in [6, 6.07) is 3.70. The van der Waals surface area contributed by atoms with Crippen LogP contribution in [0.4, 0.5) is 5.69 Å². The van der Waals surface area contributed by atoms with Crippen LogP contribution in [0, 0.1) is 6.92 Å². The molecule has 0 bridgehead atoms. The number of hydrogen-bond acceptors (Lipinski definition) is 3. The van der Waals surface area contributed by atoms with Crippen molar-refractivity contribution in [3.63, 3.8) is 0 Å². The summed E-state index contributed by atoms with van der Waals surface area (Å²) < 4.78 is 24.2. The van der Waals surface area contributed by atoms with Crippen molar-refractivity contribution >= 4 is 43.1 Å². The monoisotopic (exact) mass is 353 g/mol. The van der Waals surface area contributed by atoms with Crippen LogP contribution in [-0.4, -0.2) is 26.0 Å². The van der Waals surface area contributed by atoms with Crippen LogP contribution >= 0.6 is 27.5 Å². The largest absolute Gasteiger partial charge is 0.383 e. The van der Waals surface area contributed by atoms with Crippen LogP contribution in [0.15, 0.2) is 16.6 Å². The lowest BCUT2D eigenvalue weighted by molar-refractivity contribution is 0.588. The van der Waals surface area contributed by atoms with Crippen LogP contribution in [0.5, 0.6) is 0 Å². The van der Waals surface area contributed by atoms with Gasteiger partial charge in [-0.1, -0.05) is 11.6 Å². The molecule has 0 saturated heterocycles. The van der Waals surface area contributed by atoms with Gasteiger partial charge in [-0.25, -0.2) is 8.42 Å². The van der Waals surface area contributed by atoms with E-state index in [1.807, 2.05) is 13.0 Å². The molecule has 0 saturated carbocycles. The van der Waals surface area contributed by atoms with Gasteiger partial charge >= 0.3 is 0 Å². The maximum atomic E-state index is 11.6. The average molecular weight is 355 g/mol. The van der Waals surface area contributed by atoms with Crippen molar-refractivity contribution in [1.29, 1.82) is 0 Å². The molecule has 3 nitrogen and oxygen atoms in total. The highest BCUT2D eigenvalue weighted by atomic mass is 79.9. The van der Waals surface area contributed by atoms with E-state index in [2.05, 4.69) is 21.2 Å². The molecule has 6 heteroatoms. The van der Waals surface area contributed by atoms with Gasteiger partial charge in [-0.05, 0) is 54.4 Å². The zero-order chi connectivity index (χ0) is 13.9. The number of nitrogens with one attached hydrogen (secondary N) is 1. The summed E-state index contributed by atoms with van der Waals surface area (Å²) in [5.41, 5.74) is 1.79. The number of hydrogen-bond donors (Lipinski definition) is 1. The summed E-state index contributed by atoms with van der Waals surface area (Å²) in [5, 5.41) is 3.40. The Labute approximate surface area is 122 Å². The molecule has 1 N–H and O–H groups in total. The van der Waals surface area contributed by atoms with Gasteiger partial charge in [0.05, 0.1) is 11.0 Å². The molecule has 0 unspecified atom stereocenters. The van der Waals surface area contributed by atoms with E-state index in [4.69, 9.17) is 11.6 Å². The number of sulfone groups is 1. The third kappa shape index (κ3) is 4.14. The van der Waals surface area contributed by atoms with Gasteiger partial charge in [0.15, 0.2) is 9.84 Å². The van der Waals surface area contributed by atoms with Crippen LogP contribution in [0.2, 0.25) is 5.02 Å². The van der Waals surface area contributed by atoms with E-state index in [1.165, 1.54) is 0 Å². The maximum absolute atomic E-state index is 11.6. The molecule has 0 amide bonds. The second-order valence-corrected chi connectivity index (χ2v) is 8.36. The lowest BCUT2D eigenvalue weighted by Gasteiger charge is -2.12. The zero-order valence-electron chi connectivity index (χ0n) is 10.6. The normalized spacial score (nSPS) is 11.9. The molecule has 0 aliphatic heterocycles. The van der Waals surface area contributed by atoms with Gasteiger partial charge in [0, 0.05) is 21.7 Å². The minimum atomic E-state index is -3.01. The molecule has 1 aromatic carbocycles. The molecule has 18 heavy (non-hydrogen) atoms. The van der Waals surface area contributed by atoms with Crippen molar-refractivity contribution in [1.82, 2.24) is 0 Å².